The molecule has 1 aromatic heterocycles. The Hall–Kier alpha value is -3.04. The van der Waals surface area contributed by atoms with Crippen LogP contribution < -0.4 is 19.8 Å². The highest BCUT2D eigenvalue weighted by molar-refractivity contribution is 7.98. The van der Waals surface area contributed by atoms with Crippen molar-refractivity contribution in [1.82, 2.24) is 9.62 Å². The van der Waals surface area contributed by atoms with Gasteiger partial charge in [0, 0.05) is 55.4 Å². The summed E-state index contributed by atoms with van der Waals surface area (Å²) in [5, 5.41) is 0.690. The molecule has 0 saturated carbocycles. The topological polar surface area (TPSA) is 83.8 Å². The van der Waals surface area contributed by atoms with Crippen LogP contribution >= 0.6 is 12.1 Å². The van der Waals surface area contributed by atoms with Gasteiger partial charge in [0.05, 0.1) is 0 Å². The summed E-state index contributed by atoms with van der Waals surface area (Å²) in [5.41, 5.74) is 1.89. The Labute approximate surface area is 177 Å². The molecule has 0 bridgehead atoms. The number of nitrogens with zero attached hydrogens (tertiary/aromatic N) is 1. The first-order valence-electron chi connectivity index (χ1n) is 9.12. The monoisotopic (exact) mass is 431 g/mol. The first-order chi connectivity index (χ1) is 14.3. The van der Waals surface area contributed by atoms with Crippen molar-refractivity contribution in [3.63, 3.8) is 0 Å². The second kappa shape index (κ2) is 9.19. The molecule has 2 aromatic carbocycles. The average Bonchev–Trinajstić information content (AvgIpc) is 2.71. The normalized spacial score (nSPS) is 10.8. The first kappa shape index (κ1) is 21.7. The van der Waals surface area contributed by atoms with E-state index in [1.54, 1.807) is 52.3 Å². The smallest absolute Gasteiger partial charge is 0.414 e. The van der Waals surface area contributed by atoms with Gasteiger partial charge in [-0.1, -0.05) is 0 Å². The summed E-state index contributed by atoms with van der Waals surface area (Å²) in [7, 11) is 4.90. The lowest BCUT2D eigenvalue weighted by Crippen LogP contribution is -2.25. The molecule has 1 heterocycles. The lowest BCUT2D eigenvalue weighted by molar-refractivity contribution is 0.172. The van der Waals surface area contributed by atoms with Crippen molar-refractivity contribution in [2.24, 2.45) is 0 Å². The van der Waals surface area contributed by atoms with Crippen molar-refractivity contribution < 1.29 is 18.3 Å². The Morgan fingerprint density at radius 3 is 2.70 bits per heavy atom. The van der Waals surface area contributed by atoms with Crippen LogP contribution in [0.15, 0.2) is 45.6 Å². The molecule has 7 nitrogen and oxygen atoms in total. The molecule has 0 unspecified atom stereocenters. The lowest BCUT2D eigenvalue weighted by atomic mass is 9.99. The van der Waals surface area contributed by atoms with E-state index in [2.05, 4.69) is 9.44 Å². The number of amides is 1. The zero-order valence-electron chi connectivity index (χ0n) is 17.0. The molecule has 1 amide bonds. The van der Waals surface area contributed by atoms with Crippen LogP contribution in [-0.4, -0.2) is 32.1 Å². The van der Waals surface area contributed by atoms with Gasteiger partial charge in [-0.25, -0.2) is 18.7 Å². The van der Waals surface area contributed by atoms with E-state index >= 15 is 0 Å². The highest BCUT2D eigenvalue weighted by atomic mass is 32.2. The highest BCUT2D eigenvalue weighted by Crippen LogP contribution is 2.27. The van der Waals surface area contributed by atoms with E-state index in [1.165, 1.54) is 29.2 Å². The maximum absolute atomic E-state index is 14.4. The van der Waals surface area contributed by atoms with E-state index in [0.717, 1.165) is 0 Å². The van der Waals surface area contributed by atoms with Gasteiger partial charge in [0.1, 0.15) is 17.1 Å². The zero-order valence-corrected chi connectivity index (χ0v) is 17.9. The van der Waals surface area contributed by atoms with Crippen LogP contribution in [0.5, 0.6) is 5.75 Å². The van der Waals surface area contributed by atoms with E-state index in [4.69, 9.17) is 9.15 Å². The van der Waals surface area contributed by atoms with Crippen molar-refractivity contribution in [3.05, 3.63) is 69.3 Å². The number of hydrogen-bond acceptors (Lipinski definition) is 7. The van der Waals surface area contributed by atoms with Gasteiger partial charge in [-0.15, -0.1) is 0 Å². The Bertz CT molecular complexity index is 1150. The van der Waals surface area contributed by atoms with Crippen LogP contribution in [0, 0.1) is 12.7 Å². The average molecular weight is 431 g/mol. The largest absolute Gasteiger partial charge is 0.422 e. The summed E-state index contributed by atoms with van der Waals surface area (Å²) in [6, 6.07) is 9.47. The van der Waals surface area contributed by atoms with E-state index in [1.807, 2.05) is 0 Å². The standard InChI is InChI=1S/C21H22FN3O4S/c1-12-16-7-6-15(28-21(27)25(3)4)11-19(16)29-20(26)17(12)10-13-9-14(24-30-23-2)5-8-18(13)22/h5-9,11,23-24H,10H2,1-4H3. The fourth-order valence-corrected chi connectivity index (χ4v) is 3.26. The number of benzene rings is 2. The number of halogens is 1. The number of aryl methyl sites for hydroxylation is 1. The molecule has 3 aromatic rings. The summed E-state index contributed by atoms with van der Waals surface area (Å²) >= 11 is 1.26. The van der Waals surface area contributed by atoms with Gasteiger partial charge in [-0.05, 0) is 55.4 Å². The molecular formula is C21H22FN3O4S. The van der Waals surface area contributed by atoms with Gasteiger partial charge < -0.3 is 18.8 Å². The van der Waals surface area contributed by atoms with E-state index in [-0.39, 0.29) is 12.2 Å². The summed E-state index contributed by atoms with van der Waals surface area (Å²) in [6.45, 7) is 1.79. The highest BCUT2D eigenvalue weighted by Gasteiger charge is 2.16. The number of rotatable bonds is 6. The molecule has 0 atom stereocenters. The third-order valence-corrected chi connectivity index (χ3v) is 5.05. The number of hydrogen-bond donors (Lipinski definition) is 2. The molecule has 3 rings (SSSR count). The fraction of sp³-hybridized carbons (Fsp3) is 0.238. The number of carbonyl (C=O) groups excluding carboxylic acids is 1. The van der Waals surface area contributed by atoms with Gasteiger partial charge in [-0.2, -0.15) is 0 Å². The molecule has 2 N–H and O–H groups in total. The van der Waals surface area contributed by atoms with E-state index in [9.17, 15) is 14.0 Å². The maximum atomic E-state index is 14.4. The third-order valence-electron chi connectivity index (χ3n) is 4.51. The minimum absolute atomic E-state index is 0.0903. The van der Waals surface area contributed by atoms with Crippen LogP contribution in [0.2, 0.25) is 0 Å². The minimum atomic E-state index is -0.557. The second-order valence-electron chi connectivity index (χ2n) is 6.80. The predicted octanol–water partition coefficient (Wildman–Crippen LogP) is 4.09. The fourth-order valence-electron chi connectivity index (χ4n) is 2.91. The van der Waals surface area contributed by atoms with Crippen molar-refractivity contribution in [2.45, 2.75) is 13.3 Å². The molecule has 158 valence electrons. The van der Waals surface area contributed by atoms with Gasteiger partial charge in [0.25, 0.3) is 0 Å². The molecule has 0 aliphatic rings. The van der Waals surface area contributed by atoms with Gasteiger partial charge >= 0.3 is 11.7 Å². The van der Waals surface area contributed by atoms with Crippen LogP contribution in [-0.2, 0) is 6.42 Å². The lowest BCUT2D eigenvalue weighted by Gasteiger charge is -2.13. The molecule has 0 saturated heterocycles. The Balaban J connectivity index is 1.96. The van der Waals surface area contributed by atoms with Gasteiger partial charge in [0.15, 0.2) is 0 Å². The summed E-state index contributed by atoms with van der Waals surface area (Å²) in [4.78, 5) is 25.7. The number of carbonyl (C=O) groups is 1. The summed E-state index contributed by atoms with van der Waals surface area (Å²) in [5.74, 6) is -0.136. The molecule has 0 aliphatic heterocycles. The molecule has 0 radical (unpaired) electrons. The Morgan fingerprint density at radius 2 is 2.00 bits per heavy atom. The van der Waals surface area contributed by atoms with Crippen LogP contribution in [0.4, 0.5) is 14.9 Å². The van der Waals surface area contributed by atoms with Crippen molar-refractivity contribution in [1.29, 1.82) is 0 Å². The van der Waals surface area contributed by atoms with E-state index in [0.29, 0.717) is 33.3 Å². The Kier molecular flexibility index (Phi) is 6.63. The first-order valence-corrected chi connectivity index (χ1v) is 9.94. The van der Waals surface area contributed by atoms with Gasteiger partial charge in [0.2, 0.25) is 0 Å². The van der Waals surface area contributed by atoms with Crippen LogP contribution in [0.1, 0.15) is 16.7 Å². The molecule has 0 fully saturated rings. The van der Waals surface area contributed by atoms with Crippen LogP contribution in [0.25, 0.3) is 11.0 Å². The number of fused-ring (bicyclic) bond motifs is 1. The molecule has 0 aliphatic carbocycles. The Morgan fingerprint density at radius 1 is 1.23 bits per heavy atom. The minimum Gasteiger partial charge on any atom is -0.422 e. The second-order valence-corrected chi connectivity index (χ2v) is 7.62. The van der Waals surface area contributed by atoms with E-state index < -0.39 is 17.5 Å². The number of nitrogens with one attached hydrogen (secondary N) is 2. The van der Waals surface area contributed by atoms with Crippen molar-refractivity contribution >= 4 is 34.9 Å². The molecule has 9 heteroatoms. The molecular weight excluding hydrogens is 409 g/mol. The summed E-state index contributed by atoms with van der Waals surface area (Å²) in [6.07, 6.45) is -0.446. The maximum Gasteiger partial charge on any atom is 0.414 e. The van der Waals surface area contributed by atoms with Crippen molar-refractivity contribution in [3.8, 4) is 5.75 Å². The van der Waals surface area contributed by atoms with Crippen molar-refractivity contribution in [2.75, 3.05) is 25.9 Å². The van der Waals surface area contributed by atoms with Crippen LogP contribution in [0.3, 0.4) is 0 Å². The molecule has 30 heavy (non-hydrogen) atoms. The molecule has 0 spiro atoms. The third kappa shape index (κ3) is 4.74. The predicted molar refractivity (Wildman–Crippen MR) is 116 cm³/mol. The zero-order chi connectivity index (χ0) is 21.8. The quantitative estimate of drug-likeness (QED) is 0.449. The van der Waals surface area contributed by atoms with Gasteiger partial charge in [-0.3, -0.25) is 0 Å². The number of anilines is 1. The number of ether oxygens (including phenoxy) is 1. The SMILES string of the molecule is CNSNc1ccc(F)c(Cc2c(C)c3ccc(OC(=O)N(C)C)cc3oc2=O)c1. The summed E-state index contributed by atoms with van der Waals surface area (Å²) < 4.78 is 30.9.